The van der Waals surface area contributed by atoms with Crippen molar-refractivity contribution >= 4 is 15.7 Å². The van der Waals surface area contributed by atoms with Gasteiger partial charge in [-0.25, -0.2) is 17.2 Å². The molecule has 0 aliphatic carbocycles. The Bertz CT molecular complexity index is 1410. The van der Waals surface area contributed by atoms with Gasteiger partial charge in [-0.05, 0) is 66.6 Å². The van der Waals surface area contributed by atoms with Gasteiger partial charge in [-0.15, -0.1) is 0 Å². The van der Waals surface area contributed by atoms with Crippen molar-refractivity contribution in [2.45, 2.75) is 23.4 Å². The summed E-state index contributed by atoms with van der Waals surface area (Å²) in [6.45, 7) is 0.112. The quantitative estimate of drug-likeness (QED) is 0.558. The molecule has 3 atom stereocenters. The van der Waals surface area contributed by atoms with Gasteiger partial charge in [0.25, 0.3) is 0 Å². The van der Waals surface area contributed by atoms with Crippen molar-refractivity contribution in [3.63, 3.8) is 0 Å². The van der Waals surface area contributed by atoms with Gasteiger partial charge in [0, 0.05) is 29.3 Å². The van der Waals surface area contributed by atoms with Gasteiger partial charge in [-0.3, -0.25) is 0 Å². The van der Waals surface area contributed by atoms with Gasteiger partial charge in [0.15, 0.2) is 0 Å². The van der Waals surface area contributed by atoms with E-state index in [0.717, 1.165) is 17.3 Å². The number of sulfonamides is 1. The van der Waals surface area contributed by atoms with E-state index in [9.17, 15) is 22.3 Å². The van der Waals surface area contributed by atoms with Gasteiger partial charge in [-0.2, -0.15) is 4.31 Å². The molecule has 0 aromatic heterocycles. The zero-order valence-electron chi connectivity index (χ0n) is 18.1. The number of aliphatic hydroxyl groups excluding tert-OH is 1. The molecule has 5 rings (SSSR count). The fourth-order valence-electron chi connectivity index (χ4n) is 4.84. The van der Waals surface area contributed by atoms with Gasteiger partial charge in [-0.1, -0.05) is 24.0 Å². The lowest BCUT2D eigenvalue weighted by molar-refractivity contribution is 0.210. The van der Waals surface area contributed by atoms with Crippen LogP contribution in [0.2, 0.25) is 0 Å². The highest BCUT2D eigenvalue weighted by Crippen LogP contribution is 2.48. The first-order valence-corrected chi connectivity index (χ1v) is 12.4. The molecule has 0 unspecified atom stereocenters. The average Bonchev–Trinajstić information content (AvgIpc) is 3.29. The molecule has 3 aromatic rings. The molecule has 2 N–H and O–H groups in total. The highest BCUT2D eigenvalue weighted by Gasteiger charge is 2.48. The Kier molecular flexibility index (Phi) is 5.86. The van der Waals surface area contributed by atoms with Crippen LogP contribution in [-0.2, 0) is 10.0 Å². The first kappa shape index (κ1) is 22.5. The van der Waals surface area contributed by atoms with Crippen LogP contribution in [0.3, 0.4) is 0 Å². The van der Waals surface area contributed by atoms with E-state index < -0.39 is 21.9 Å². The molecule has 0 saturated carbocycles. The molecule has 0 bridgehead atoms. The Hall–Kier alpha value is -3.25. The van der Waals surface area contributed by atoms with E-state index in [4.69, 9.17) is 0 Å². The molecule has 34 heavy (non-hydrogen) atoms. The topological polar surface area (TPSA) is 69.6 Å². The molecule has 8 heteroatoms. The van der Waals surface area contributed by atoms with Crippen molar-refractivity contribution in [3.8, 4) is 11.8 Å². The van der Waals surface area contributed by atoms with Crippen molar-refractivity contribution in [3.05, 3.63) is 95.1 Å². The van der Waals surface area contributed by atoms with Crippen molar-refractivity contribution in [2.75, 3.05) is 18.5 Å². The third kappa shape index (κ3) is 4.07. The minimum Gasteiger partial charge on any atom is -0.394 e. The second kappa shape index (κ2) is 8.84. The van der Waals surface area contributed by atoms with Crippen molar-refractivity contribution in [2.24, 2.45) is 5.92 Å². The summed E-state index contributed by atoms with van der Waals surface area (Å²) in [4.78, 5) is -0.101. The minimum atomic E-state index is -3.97. The number of aliphatic hydroxyl groups is 1. The van der Waals surface area contributed by atoms with E-state index in [1.165, 1.54) is 34.6 Å². The van der Waals surface area contributed by atoms with E-state index in [-0.39, 0.29) is 35.8 Å². The second-order valence-corrected chi connectivity index (χ2v) is 10.4. The molecule has 5 nitrogen and oxygen atoms in total. The fourth-order valence-corrected chi connectivity index (χ4v) is 6.54. The first-order valence-electron chi connectivity index (χ1n) is 10.9. The lowest BCUT2D eigenvalue weighted by Crippen LogP contribution is -2.42. The largest absolute Gasteiger partial charge is 0.394 e. The Morgan fingerprint density at radius 1 is 0.971 bits per heavy atom. The van der Waals surface area contributed by atoms with E-state index >= 15 is 0 Å². The van der Waals surface area contributed by atoms with Gasteiger partial charge in [0.1, 0.15) is 11.6 Å². The summed E-state index contributed by atoms with van der Waals surface area (Å²) in [5.74, 6) is 4.81. The van der Waals surface area contributed by atoms with Crippen LogP contribution in [-0.4, -0.2) is 37.0 Å². The predicted molar refractivity (Wildman–Crippen MR) is 124 cm³/mol. The average molecular weight is 481 g/mol. The van der Waals surface area contributed by atoms with Crippen molar-refractivity contribution < 1.29 is 22.3 Å². The normalized spacial score (nSPS) is 21.7. The van der Waals surface area contributed by atoms with Crippen molar-refractivity contribution in [1.82, 2.24) is 4.31 Å². The van der Waals surface area contributed by atoms with Crippen LogP contribution in [0.5, 0.6) is 0 Å². The summed E-state index contributed by atoms with van der Waals surface area (Å²) in [5, 5.41) is 13.3. The zero-order chi connectivity index (χ0) is 23.9. The number of benzene rings is 3. The van der Waals surface area contributed by atoms with Crippen LogP contribution >= 0.6 is 0 Å². The summed E-state index contributed by atoms with van der Waals surface area (Å²) in [5.41, 5.74) is 2.66. The molecular weight excluding hydrogens is 458 g/mol. The smallest absolute Gasteiger partial charge is 0.243 e. The number of hydrogen-bond acceptors (Lipinski definition) is 4. The number of halogens is 2. The fraction of sp³-hybridized carbons (Fsp3) is 0.231. The number of rotatable bonds is 3. The summed E-state index contributed by atoms with van der Waals surface area (Å²) in [6, 6.07) is 15.6. The minimum absolute atomic E-state index is 0.101. The highest BCUT2D eigenvalue weighted by molar-refractivity contribution is 7.89. The number of nitrogens with one attached hydrogen (secondary N) is 1. The molecule has 2 aliphatic heterocycles. The molecule has 174 valence electrons. The lowest BCUT2D eigenvalue weighted by Gasteiger charge is -2.38. The number of fused-ring (bicyclic) bond motifs is 3. The molecule has 1 fully saturated rings. The second-order valence-electron chi connectivity index (χ2n) is 8.47. The monoisotopic (exact) mass is 480 g/mol. The van der Waals surface area contributed by atoms with E-state index in [1.807, 2.05) is 12.1 Å². The van der Waals surface area contributed by atoms with E-state index in [2.05, 4.69) is 17.2 Å². The molecule has 2 aliphatic rings. The molecule has 0 spiro atoms. The Labute approximate surface area is 197 Å². The first-order chi connectivity index (χ1) is 16.4. The number of hydrogen-bond donors (Lipinski definition) is 2. The third-order valence-electron chi connectivity index (χ3n) is 6.40. The highest BCUT2D eigenvalue weighted by atomic mass is 32.2. The molecular formula is C26H22F2N2O3S. The maximum Gasteiger partial charge on any atom is 0.243 e. The maximum atomic E-state index is 13.8. The summed E-state index contributed by atoms with van der Waals surface area (Å²) < 4.78 is 55.7. The van der Waals surface area contributed by atoms with E-state index in [1.54, 1.807) is 18.2 Å². The SMILES string of the molecule is O=S(=O)(c1cccc(F)c1)N1CC[C@@H]2[C@H]1c1cc(C#Cc3cccc(F)c3)ccc1N[C@@H]2CO. The zero-order valence-corrected chi connectivity index (χ0v) is 18.9. The number of anilines is 1. The van der Waals surface area contributed by atoms with Crippen molar-refractivity contribution in [1.29, 1.82) is 0 Å². The van der Waals surface area contributed by atoms with Crippen LogP contribution < -0.4 is 5.32 Å². The molecule has 2 heterocycles. The molecule has 3 aromatic carbocycles. The van der Waals surface area contributed by atoms with Gasteiger partial charge < -0.3 is 10.4 Å². The summed E-state index contributed by atoms with van der Waals surface area (Å²) >= 11 is 0. The standard InChI is InChI=1S/C26H22F2N2O3S/c27-19-4-1-3-17(13-19)7-8-18-9-10-24-23(14-18)26-22(25(16-31)29-24)11-12-30(26)34(32,33)21-6-2-5-20(28)15-21/h1-6,9-10,13-15,22,25-26,29,31H,11-12,16H2/t22-,25+,26-/m0/s1. The maximum absolute atomic E-state index is 13.8. The predicted octanol–water partition coefficient (Wildman–Crippen LogP) is 3.90. The van der Waals surface area contributed by atoms with Gasteiger partial charge >= 0.3 is 0 Å². The molecule has 0 amide bonds. The number of nitrogens with zero attached hydrogens (tertiary/aromatic N) is 1. The lowest BCUT2D eigenvalue weighted by atomic mass is 9.83. The van der Waals surface area contributed by atoms with Gasteiger partial charge in [0.05, 0.1) is 23.6 Å². The summed E-state index contributed by atoms with van der Waals surface area (Å²) in [7, 11) is -3.97. The Morgan fingerprint density at radius 2 is 1.68 bits per heavy atom. The Morgan fingerprint density at radius 3 is 2.38 bits per heavy atom. The van der Waals surface area contributed by atoms with Crippen LogP contribution in [0.15, 0.2) is 71.6 Å². The van der Waals surface area contributed by atoms with E-state index in [0.29, 0.717) is 17.5 Å². The molecule has 0 radical (unpaired) electrons. The van der Waals surface area contributed by atoms with Crippen LogP contribution in [0.4, 0.5) is 14.5 Å². The third-order valence-corrected chi connectivity index (χ3v) is 8.28. The Balaban J connectivity index is 1.56. The van der Waals surface area contributed by atoms with Crippen LogP contribution in [0.1, 0.15) is 29.2 Å². The molecule has 1 saturated heterocycles. The summed E-state index contributed by atoms with van der Waals surface area (Å²) in [6.07, 6.45) is 0.552. The van der Waals surface area contributed by atoms with Crippen LogP contribution in [0, 0.1) is 29.4 Å². The van der Waals surface area contributed by atoms with Gasteiger partial charge in [0.2, 0.25) is 10.0 Å². The van der Waals surface area contributed by atoms with Crippen LogP contribution in [0.25, 0.3) is 0 Å².